The van der Waals surface area contributed by atoms with Crippen molar-refractivity contribution in [2.45, 2.75) is 13.3 Å². The Kier molecular flexibility index (Phi) is 4.40. The molecular formula is C20H20N2. The fourth-order valence-electron chi connectivity index (χ4n) is 2.38. The van der Waals surface area contributed by atoms with E-state index in [1.165, 1.54) is 5.56 Å². The van der Waals surface area contributed by atoms with Gasteiger partial charge in [-0.15, -0.1) is 0 Å². The molecule has 2 heteroatoms. The number of benzene rings is 3. The Hall–Kier alpha value is -2.74. The molecule has 0 atom stereocenters. The highest BCUT2D eigenvalue weighted by atomic mass is 15.5. The number of hydrazine groups is 1. The molecule has 0 aliphatic rings. The number of hydrogen-bond donors (Lipinski definition) is 1. The van der Waals surface area contributed by atoms with Crippen LogP contribution in [0.4, 0.5) is 17.1 Å². The highest BCUT2D eigenvalue weighted by Crippen LogP contribution is 2.26. The average molecular weight is 288 g/mol. The monoisotopic (exact) mass is 288 g/mol. The molecule has 22 heavy (non-hydrogen) atoms. The van der Waals surface area contributed by atoms with Crippen molar-refractivity contribution in [3.63, 3.8) is 0 Å². The summed E-state index contributed by atoms with van der Waals surface area (Å²) in [5.41, 5.74) is 8.11. The lowest BCUT2D eigenvalue weighted by atomic mass is 10.1. The minimum atomic E-state index is 1.05. The number of rotatable bonds is 5. The van der Waals surface area contributed by atoms with Gasteiger partial charge in [0.15, 0.2) is 0 Å². The van der Waals surface area contributed by atoms with Crippen molar-refractivity contribution in [2.24, 2.45) is 0 Å². The molecule has 1 N–H and O–H groups in total. The summed E-state index contributed by atoms with van der Waals surface area (Å²) < 4.78 is 0. The van der Waals surface area contributed by atoms with Crippen molar-refractivity contribution in [2.75, 3.05) is 10.4 Å². The van der Waals surface area contributed by atoms with Crippen molar-refractivity contribution in [3.05, 3.63) is 90.5 Å². The molecule has 3 aromatic rings. The van der Waals surface area contributed by atoms with Gasteiger partial charge < -0.3 is 0 Å². The molecule has 0 spiro atoms. The van der Waals surface area contributed by atoms with E-state index in [0.717, 1.165) is 23.5 Å². The Morgan fingerprint density at radius 2 is 1.23 bits per heavy atom. The van der Waals surface area contributed by atoms with E-state index in [1.807, 2.05) is 24.3 Å². The van der Waals surface area contributed by atoms with Crippen LogP contribution in [0.25, 0.3) is 0 Å². The molecule has 0 radical (unpaired) electrons. The van der Waals surface area contributed by atoms with E-state index in [4.69, 9.17) is 0 Å². The predicted molar refractivity (Wildman–Crippen MR) is 94.5 cm³/mol. The molecule has 3 rings (SSSR count). The molecule has 0 aliphatic carbocycles. The van der Waals surface area contributed by atoms with E-state index in [9.17, 15) is 0 Å². The van der Waals surface area contributed by atoms with Crippen LogP contribution < -0.4 is 10.4 Å². The van der Waals surface area contributed by atoms with Gasteiger partial charge in [0.05, 0.1) is 17.1 Å². The van der Waals surface area contributed by atoms with Crippen LogP contribution in [0.1, 0.15) is 12.5 Å². The van der Waals surface area contributed by atoms with Crippen LogP contribution in [0.5, 0.6) is 0 Å². The van der Waals surface area contributed by atoms with Crippen molar-refractivity contribution in [1.29, 1.82) is 0 Å². The summed E-state index contributed by atoms with van der Waals surface area (Å²) in [6, 6.07) is 29.2. The number of aryl methyl sites for hydroxylation is 1. The lowest BCUT2D eigenvalue weighted by Gasteiger charge is -2.26. The van der Waals surface area contributed by atoms with Crippen LogP contribution in [-0.2, 0) is 6.42 Å². The molecule has 0 unspecified atom stereocenters. The summed E-state index contributed by atoms with van der Waals surface area (Å²) >= 11 is 0. The van der Waals surface area contributed by atoms with Crippen LogP contribution in [0.15, 0.2) is 84.9 Å². The Morgan fingerprint density at radius 3 is 1.82 bits per heavy atom. The van der Waals surface area contributed by atoms with Gasteiger partial charge >= 0.3 is 0 Å². The first kappa shape index (κ1) is 14.2. The maximum Gasteiger partial charge on any atom is 0.0630 e. The molecule has 110 valence electrons. The second kappa shape index (κ2) is 6.81. The lowest BCUT2D eigenvalue weighted by molar-refractivity contribution is 1.12. The van der Waals surface area contributed by atoms with Gasteiger partial charge in [-0.2, -0.15) is 0 Å². The molecular weight excluding hydrogens is 268 g/mol. The molecule has 0 saturated heterocycles. The summed E-state index contributed by atoms with van der Waals surface area (Å²) in [5, 5.41) is 2.11. The number of nitrogens with one attached hydrogen (secondary N) is 1. The molecule has 0 aliphatic heterocycles. The summed E-state index contributed by atoms with van der Waals surface area (Å²) in [6.07, 6.45) is 1.05. The highest BCUT2D eigenvalue weighted by Gasteiger charge is 2.09. The molecule has 0 bridgehead atoms. The standard InChI is InChI=1S/C20H20N2/c1-2-17-13-15-20(16-14-17)22(19-11-7-4-8-12-19)21-18-9-5-3-6-10-18/h3-16,21H,2H2,1H3. The largest absolute Gasteiger partial charge is 0.294 e. The van der Waals surface area contributed by atoms with Crippen LogP contribution in [0.2, 0.25) is 0 Å². The van der Waals surface area contributed by atoms with Crippen molar-refractivity contribution in [3.8, 4) is 0 Å². The third kappa shape index (κ3) is 3.29. The van der Waals surface area contributed by atoms with E-state index >= 15 is 0 Å². The number of hydrogen-bond acceptors (Lipinski definition) is 2. The Bertz CT molecular complexity index is 691. The minimum Gasteiger partial charge on any atom is -0.294 e. The zero-order valence-corrected chi connectivity index (χ0v) is 12.7. The van der Waals surface area contributed by atoms with Crippen LogP contribution in [0.3, 0.4) is 0 Å². The van der Waals surface area contributed by atoms with Gasteiger partial charge in [0.25, 0.3) is 0 Å². The molecule has 0 amide bonds. The SMILES string of the molecule is CCc1ccc(N(Nc2ccccc2)c2ccccc2)cc1. The van der Waals surface area contributed by atoms with E-state index < -0.39 is 0 Å². The Labute approximate surface area is 132 Å². The van der Waals surface area contributed by atoms with Crippen molar-refractivity contribution in [1.82, 2.24) is 0 Å². The van der Waals surface area contributed by atoms with E-state index in [0.29, 0.717) is 0 Å². The van der Waals surface area contributed by atoms with Gasteiger partial charge in [0, 0.05) is 0 Å². The molecule has 0 fully saturated rings. The number of anilines is 3. The van der Waals surface area contributed by atoms with Crippen LogP contribution in [0, 0.1) is 0 Å². The van der Waals surface area contributed by atoms with Crippen molar-refractivity contribution >= 4 is 17.1 Å². The topological polar surface area (TPSA) is 15.3 Å². The second-order valence-corrected chi connectivity index (χ2v) is 5.17. The quantitative estimate of drug-likeness (QED) is 0.631. The molecule has 2 nitrogen and oxygen atoms in total. The van der Waals surface area contributed by atoms with Crippen molar-refractivity contribution < 1.29 is 0 Å². The molecule has 0 heterocycles. The van der Waals surface area contributed by atoms with E-state index in [2.05, 4.69) is 78.0 Å². The summed E-state index contributed by atoms with van der Waals surface area (Å²) in [6.45, 7) is 2.17. The summed E-state index contributed by atoms with van der Waals surface area (Å²) in [5.74, 6) is 0. The third-order valence-electron chi connectivity index (χ3n) is 3.63. The first-order chi connectivity index (χ1) is 10.9. The molecule has 0 saturated carbocycles. The third-order valence-corrected chi connectivity index (χ3v) is 3.63. The minimum absolute atomic E-state index is 1.05. The highest BCUT2D eigenvalue weighted by molar-refractivity contribution is 5.68. The van der Waals surface area contributed by atoms with Gasteiger partial charge in [-0.25, -0.2) is 0 Å². The number of nitrogens with zero attached hydrogens (tertiary/aromatic N) is 1. The average Bonchev–Trinajstić information content (AvgIpc) is 2.61. The molecule has 0 aromatic heterocycles. The predicted octanol–water partition coefficient (Wildman–Crippen LogP) is 5.41. The maximum atomic E-state index is 3.48. The van der Waals surface area contributed by atoms with E-state index in [1.54, 1.807) is 0 Å². The summed E-state index contributed by atoms with van der Waals surface area (Å²) in [7, 11) is 0. The second-order valence-electron chi connectivity index (χ2n) is 5.17. The van der Waals surface area contributed by atoms with Gasteiger partial charge in [-0.1, -0.05) is 55.5 Å². The summed E-state index contributed by atoms with van der Waals surface area (Å²) in [4.78, 5) is 0. The van der Waals surface area contributed by atoms with Crippen LogP contribution in [-0.4, -0.2) is 0 Å². The molecule has 3 aromatic carbocycles. The zero-order chi connectivity index (χ0) is 15.2. The Morgan fingerprint density at radius 1 is 0.682 bits per heavy atom. The van der Waals surface area contributed by atoms with Gasteiger partial charge in [-0.3, -0.25) is 10.4 Å². The lowest BCUT2D eigenvalue weighted by Crippen LogP contribution is -2.24. The van der Waals surface area contributed by atoms with Gasteiger partial charge in [0.1, 0.15) is 0 Å². The number of para-hydroxylation sites is 2. The first-order valence-electron chi connectivity index (χ1n) is 7.62. The smallest absolute Gasteiger partial charge is 0.0630 e. The van der Waals surface area contributed by atoms with Gasteiger partial charge in [0.2, 0.25) is 0 Å². The fraction of sp³-hybridized carbons (Fsp3) is 0.100. The van der Waals surface area contributed by atoms with Crippen LogP contribution >= 0.6 is 0 Å². The van der Waals surface area contributed by atoms with E-state index in [-0.39, 0.29) is 0 Å². The maximum absolute atomic E-state index is 3.48. The normalized spacial score (nSPS) is 10.2. The zero-order valence-electron chi connectivity index (χ0n) is 12.7. The van der Waals surface area contributed by atoms with Gasteiger partial charge in [-0.05, 0) is 48.4 Å². The first-order valence-corrected chi connectivity index (χ1v) is 7.62. The Balaban J connectivity index is 1.95. The fourth-order valence-corrected chi connectivity index (χ4v) is 2.38.